The number of hydrogen-bond acceptors (Lipinski definition) is 7. The Balaban J connectivity index is 1.91. The molecular formula is C22H22N2O6. The average Bonchev–Trinajstić information content (AvgIpc) is 3.08. The van der Waals surface area contributed by atoms with Crippen LogP contribution in [0.15, 0.2) is 47.1 Å². The highest BCUT2D eigenvalue weighted by atomic mass is 16.6. The number of cyclic esters (lactones) is 1. The summed E-state index contributed by atoms with van der Waals surface area (Å²) in [5, 5.41) is 11.2. The molecule has 1 heterocycles. The van der Waals surface area contributed by atoms with Crippen molar-refractivity contribution in [3.63, 3.8) is 0 Å². The van der Waals surface area contributed by atoms with Crippen LogP contribution in [-0.2, 0) is 9.53 Å². The van der Waals surface area contributed by atoms with Gasteiger partial charge in [-0.1, -0.05) is 19.1 Å². The van der Waals surface area contributed by atoms with E-state index in [4.69, 9.17) is 14.2 Å². The third-order valence-corrected chi connectivity index (χ3v) is 4.31. The molecule has 1 aliphatic rings. The predicted octanol–water partition coefficient (Wildman–Crippen LogP) is 4.44. The molecule has 8 heteroatoms. The van der Waals surface area contributed by atoms with Gasteiger partial charge in [-0.3, -0.25) is 10.1 Å². The van der Waals surface area contributed by atoms with Crippen LogP contribution in [0.3, 0.4) is 0 Å². The highest BCUT2D eigenvalue weighted by molar-refractivity contribution is 6.13. The fourth-order valence-electron chi connectivity index (χ4n) is 2.84. The number of carbonyl (C=O) groups is 1. The Morgan fingerprint density at radius 1 is 1.13 bits per heavy atom. The van der Waals surface area contributed by atoms with Crippen molar-refractivity contribution in [3.05, 3.63) is 68.9 Å². The molecule has 2 aromatic rings. The molecule has 0 atom stereocenters. The van der Waals surface area contributed by atoms with E-state index in [-0.39, 0.29) is 17.3 Å². The lowest BCUT2D eigenvalue weighted by Gasteiger charge is -2.12. The lowest BCUT2D eigenvalue weighted by atomic mass is 10.1. The molecule has 0 fully saturated rings. The Morgan fingerprint density at radius 2 is 1.93 bits per heavy atom. The summed E-state index contributed by atoms with van der Waals surface area (Å²) in [6.07, 6.45) is 2.45. The maximum Gasteiger partial charge on any atom is 0.363 e. The highest BCUT2D eigenvalue weighted by Crippen LogP contribution is 2.30. The fraction of sp³-hybridized carbons (Fsp3) is 0.273. The van der Waals surface area contributed by atoms with E-state index in [9.17, 15) is 14.9 Å². The molecule has 0 N–H and O–H groups in total. The van der Waals surface area contributed by atoms with Crippen molar-refractivity contribution in [1.82, 2.24) is 0 Å². The molecule has 3 rings (SSSR count). The Labute approximate surface area is 173 Å². The summed E-state index contributed by atoms with van der Waals surface area (Å²) < 4.78 is 16.5. The van der Waals surface area contributed by atoms with Crippen LogP contribution in [0.5, 0.6) is 11.5 Å². The van der Waals surface area contributed by atoms with Gasteiger partial charge >= 0.3 is 5.97 Å². The standard InChI is InChI=1S/C22H22N2O6/c1-4-10-29-19-9-7-15(12-20(19)28-5-2)11-17-22(25)30-21(23-17)16-8-6-14(3)18(13-16)24(26)27/h6-9,11-13H,4-5,10H2,1-3H3/b17-11-. The minimum atomic E-state index is -0.627. The Morgan fingerprint density at radius 3 is 2.63 bits per heavy atom. The first-order valence-corrected chi connectivity index (χ1v) is 9.60. The number of aliphatic imine (C=N–C) groups is 1. The quantitative estimate of drug-likeness (QED) is 0.276. The topological polar surface area (TPSA) is 100 Å². The van der Waals surface area contributed by atoms with Crippen LogP contribution < -0.4 is 9.47 Å². The number of rotatable bonds is 8. The molecule has 0 aliphatic carbocycles. The van der Waals surface area contributed by atoms with Crippen LogP contribution >= 0.6 is 0 Å². The van der Waals surface area contributed by atoms with Crippen molar-refractivity contribution in [1.29, 1.82) is 0 Å². The summed E-state index contributed by atoms with van der Waals surface area (Å²) in [5.74, 6) is 0.607. The van der Waals surface area contributed by atoms with E-state index in [0.717, 1.165) is 6.42 Å². The van der Waals surface area contributed by atoms with Crippen molar-refractivity contribution in [3.8, 4) is 11.5 Å². The van der Waals surface area contributed by atoms with E-state index in [1.54, 1.807) is 43.3 Å². The van der Waals surface area contributed by atoms with Crippen molar-refractivity contribution in [2.75, 3.05) is 13.2 Å². The van der Waals surface area contributed by atoms with Gasteiger partial charge in [-0.25, -0.2) is 9.79 Å². The lowest BCUT2D eigenvalue weighted by Crippen LogP contribution is -2.06. The van der Waals surface area contributed by atoms with Gasteiger partial charge in [-0.15, -0.1) is 0 Å². The summed E-state index contributed by atoms with van der Waals surface area (Å²) in [6, 6.07) is 9.90. The van der Waals surface area contributed by atoms with Crippen molar-refractivity contribution in [2.24, 2.45) is 4.99 Å². The molecule has 8 nitrogen and oxygen atoms in total. The first-order chi connectivity index (χ1) is 14.4. The molecule has 0 saturated heterocycles. The number of benzene rings is 2. The molecule has 0 saturated carbocycles. The highest BCUT2D eigenvalue weighted by Gasteiger charge is 2.26. The van der Waals surface area contributed by atoms with Crippen LogP contribution in [-0.4, -0.2) is 30.0 Å². The second kappa shape index (κ2) is 9.21. The minimum Gasteiger partial charge on any atom is -0.490 e. The average molecular weight is 410 g/mol. The molecule has 30 heavy (non-hydrogen) atoms. The summed E-state index contributed by atoms with van der Waals surface area (Å²) in [6.45, 7) is 6.57. The van der Waals surface area contributed by atoms with Gasteiger partial charge in [0.1, 0.15) is 0 Å². The number of esters is 1. The van der Waals surface area contributed by atoms with Crippen LogP contribution in [0.2, 0.25) is 0 Å². The third kappa shape index (κ3) is 4.65. The summed E-state index contributed by atoms with van der Waals surface area (Å²) in [5.41, 5.74) is 1.60. The molecular weight excluding hydrogens is 388 g/mol. The molecule has 1 aliphatic heterocycles. The summed E-state index contributed by atoms with van der Waals surface area (Å²) in [4.78, 5) is 27.2. The van der Waals surface area contributed by atoms with E-state index in [1.807, 2.05) is 13.8 Å². The van der Waals surface area contributed by atoms with Gasteiger partial charge < -0.3 is 14.2 Å². The maximum atomic E-state index is 12.3. The second-order valence-electron chi connectivity index (χ2n) is 6.58. The smallest absolute Gasteiger partial charge is 0.363 e. The van der Waals surface area contributed by atoms with Crippen molar-refractivity contribution in [2.45, 2.75) is 27.2 Å². The van der Waals surface area contributed by atoms with Crippen LogP contribution in [0, 0.1) is 17.0 Å². The van der Waals surface area contributed by atoms with Gasteiger partial charge in [0.2, 0.25) is 5.90 Å². The number of aryl methyl sites for hydroxylation is 1. The maximum absolute atomic E-state index is 12.3. The first-order valence-electron chi connectivity index (χ1n) is 9.60. The summed E-state index contributed by atoms with van der Waals surface area (Å²) >= 11 is 0. The zero-order valence-corrected chi connectivity index (χ0v) is 17.0. The van der Waals surface area contributed by atoms with Crippen LogP contribution in [0.4, 0.5) is 5.69 Å². The minimum absolute atomic E-state index is 0.0299. The van der Waals surface area contributed by atoms with Gasteiger partial charge in [-0.05, 0) is 50.1 Å². The second-order valence-corrected chi connectivity index (χ2v) is 6.58. The van der Waals surface area contributed by atoms with Gasteiger partial charge in [0.05, 0.1) is 18.1 Å². The Hall–Kier alpha value is -3.68. The number of carbonyl (C=O) groups excluding carboxylic acids is 1. The number of nitro benzene ring substituents is 1. The zero-order valence-electron chi connectivity index (χ0n) is 17.0. The van der Waals surface area contributed by atoms with Gasteiger partial charge in [0.15, 0.2) is 17.2 Å². The van der Waals surface area contributed by atoms with E-state index in [0.29, 0.717) is 41.4 Å². The van der Waals surface area contributed by atoms with Crippen LogP contribution in [0.25, 0.3) is 6.08 Å². The molecule has 0 aromatic heterocycles. The predicted molar refractivity (Wildman–Crippen MR) is 112 cm³/mol. The number of ether oxygens (including phenoxy) is 3. The third-order valence-electron chi connectivity index (χ3n) is 4.31. The molecule has 0 radical (unpaired) electrons. The number of hydrogen-bond donors (Lipinski definition) is 0. The van der Waals surface area contributed by atoms with Crippen LogP contribution in [0.1, 0.15) is 37.0 Å². The number of nitro groups is 1. The largest absolute Gasteiger partial charge is 0.490 e. The fourth-order valence-corrected chi connectivity index (χ4v) is 2.84. The molecule has 156 valence electrons. The molecule has 2 aromatic carbocycles. The normalized spacial score (nSPS) is 14.4. The van der Waals surface area contributed by atoms with Crippen molar-refractivity contribution < 1.29 is 23.9 Å². The van der Waals surface area contributed by atoms with Gasteiger partial charge in [-0.2, -0.15) is 0 Å². The molecule has 0 amide bonds. The molecule has 0 spiro atoms. The Kier molecular flexibility index (Phi) is 6.46. The van der Waals surface area contributed by atoms with E-state index in [2.05, 4.69) is 4.99 Å². The SMILES string of the molecule is CCCOc1ccc(/C=C2\N=C(c3ccc(C)c([N+](=O)[O-])c3)OC2=O)cc1OCC. The van der Waals surface area contributed by atoms with Crippen molar-refractivity contribution >= 4 is 23.6 Å². The zero-order chi connectivity index (χ0) is 21.7. The van der Waals surface area contributed by atoms with Gasteiger partial charge in [0, 0.05) is 17.2 Å². The monoisotopic (exact) mass is 410 g/mol. The molecule has 0 bridgehead atoms. The molecule has 0 unspecified atom stereocenters. The lowest BCUT2D eigenvalue weighted by molar-refractivity contribution is -0.385. The van der Waals surface area contributed by atoms with Gasteiger partial charge in [0.25, 0.3) is 5.69 Å². The Bertz CT molecular complexity index is 1040. The van der Waals surface area contributed by atoms with E-state index in [1.165, 1.54) is 6.07 Å². The van der Waals surface area contributed by atoms with E-state index >= 15 is 0 Å². The van der Waals surface area contributed by atoms with E-state index < -0.39 is 10.9 Å². The summed E-state index contributed by atoms with van der Waals surface area (Å²) in [7, 11) is 0. The first kappa shape index (κ1) is 21.0. The number of nitrogens with zero attached hydrogens (tertiary/aromatic N) is 2.